The topological polar surface area (TPSA) is 169 Å². The molecule has 9 rings (SSSR count). The van der Waals surface area contributed by atoms with Crippen LogP contribution in [-0.4, -0.2) is 61.2 Å². The molecule has 2 aliphatic heterocycles. The van der Waals surface area contributed by atoms with Gasteiger partial charge in [-0.15, -0.1) is 0 Å². The lowest BCUT2D eigenvalue weighted by molar-refractivity contribution is -0.124. The van der Waals surface area contributed by atoms with Gasteiger partial charge in [-0.1, -0.05) is 60.1 Å². The minimum absolute atomic E-state index is 0.00328. The molecule has 15 nitrogen and oxygen atoms in total. The van der Waals surface area contributed by atoms with Crippen molar-refractivity contribution in [3.05, 3.63) is 150 Å². The predicted octanol–water partition coefficient (Wildman–Crippen LogP) is 4.87. The van der Waals surface area contributed by atoms with E-state index in [9.17, 15) is 19.5 Å². The fourth-order valence-electron chi connectivity index (χ4n) is 9.69. The molecule has 0 spiro atoms. The third kappa shape index (κ3) is 5.92. The van der Waals surface area contributed by atoms with Crippen molar-refractivity contribution in [1.29, 1.82) is 0 Å². The average molecular weight is 845 g/mol. The van der Waals surface area contributed by atoms with E-state index in [2.05, 4.69) is 4.98 Å². The molecule has 312 valence electrons. The van der Waals surface area contributed by atoms with Gasteiger partial charge >= 0.3 is 11.4 Å². The van der Waals surface area contributed by atoms with Crippen molar-refractivity contribution in [2.24, 2.45) is 13.0 Å². The number of methoxy groups -OCH3 is 2. The van der Waals surface area contributed by atoms with Gasteiger partial charge in [-0.25, -0.2) is 33.4 Å². The monoisotopic (exact) mass is 844 g/mol. The number of allylic oxidation sites excluding steroid dienone is 2. The normalized spacial score (nSPS) is 20.6. The quantitative estimate of drug-likeness (QED) is 0.148. The molecule has 4 aromatic carbocycles. The molecule has 1 aliphatic carbocycles. The molecular weight excluding hydrogens is 804 g/mol. The van der Waals surface area contributed by atoms with E-state index in [0.717, 1.165) is 4.57 Å². The number of imide groups is 1. The van der Waals surface area contributed by atoms with Crippen molar-refractivity contribution < 1.29 is 28.9 Å². The maximum atomic E-state index is 15.5. The van der Waals surface area contributed by atoms with Crippen molar-refractivity contribution in [2.45, 2.75) is 50.2 Å². The lowest BCUT2D eigenvalue weighted by Gasteiger charge is -2.49. The molecule has 2 aromatic heterocycles. The number of phenols is 1. The lowest BCUT2D eigenvalue weighted by atomic mass is 9.53. The highest BCUT2D eigenvalue weighted by molar-refractivity contribution is 6.32. The lowest BCUT2D eigenvalue weighted by Crippen LogP contribution is -2.53. The molecule has 4 unspecified atom stereocenters. The number of rotatable bonds is 10. The summed E-state index contributed by atoms with van der Waals surface area (Å²) in [6.45, 7) is 1.85. The molecule has 6 aromatic rings. The summed E-state index contributed by atoms with van der Waals surface area (Å²) in [6, 6.07) is 23.0. The first-order valence-corrected chi connectivity index (χ1v) is 20.2. The Morgan fingerprint density at radius 1 is 0.885 bits per heavy atom. The number of carbonyl (C=O) groups excluding carboxylic acids is 2. The number of fused-ring (bicyclic) bond motifs is 5. The summed E-state index contributed by atoms with van der Waals surface area (Å²) in [7, 11) is 4.60. The van der Waals surface area contributed by atoms with Gasteiger partial charge in [0.25, 0.3) is 5.56 Å². The van der Waals surface area contributed by atoms with Crippen molar-refractivity contribution in [1.82, 2.24) is 23.5 Å². The molecule has 1 saturated heterocycles. The second-order valence-corrected chi connectivity index (χ2v) is 15.7. The van der Waals surface area contributed by atoms with Crippen LogP contribution in [0.3, 0.4) is 0 Å². The Bertz CT molecular complexity index is 3010. The third-order valence-corrected chi connectivity index (χ3v) is 12.6. The number of amides is 2. The predicted molar refractivity (Wildman–Crippen MR) is 226 cm³/mol. The number of phenolic OH excluding ortho intramolecular Hbond substituents is 1. The van der Waals surface area contributed by atoms with E-state index >= 15 is 9.59 Å². The molecule has 16 heteroatoms. The van der Waals surface area contributed by atoms with Crippen LogP contribution in [0.1, 0.15) is 42.1 Å². The van der Waals surface area contributed by atoms with Crippen LogP contribution in [0.2, 0.25) is 5.02 Å². The zero-order valence-corrected chi connectivity index (χ0v) is 34.5. The number of hydrogen-bond donors (Lipinski definition) is 1. The van der Waals surface area contributed by atoms with Crippen LogP contribution in [0.15, 0.2) is 111 Å². The smallest absolute Gasteiger partial charge is 0.347 e. The van der Waals surface area contributed by atoms with E-state index < -0.39 is 52.0 Å². The number of anilines is 1. The number of hydrogen-bond acceptors (Lipinski definition) is 10. The van der Waals surface area contributed by atoms with Gasteiger partial charge < -0.3 is 23.9 Å². The van der Waals surface area contributed by atoms with Gasteiger partial charge in [0.1, 0.15) is 5.69 Å². The highest BCUT2D eigenvalue weighted by Gasteiger charge is 2.68. The Labute approximate surface area is 353 Å². The zero-order chi connectivity index (χ0) is 42.9. The first-order chi connectivity index (χ1) is 29.4. The summed E-state index contributed by atoms with van der Waals surface area (Å²) in [5.41, 5.74) is 0.0422. The van der Waals surface area contributed by atoms with Gasteiger partial charge in [0.2, 0.25) is 11.8 Å². The zero-order valence-electron chi connectivity index (χ0n) is 33.7. The highest BCUT2D eigenvalue weighted by atomic mass is 35.5. The van der Waals surface area contributed by atoms with Gasteiger partial charge in [-0.3, -0.25) is 14.4 Å². The van der Waals surface area contributed by atoms with E-state index in [1.54, 1.807) is 62.5 Å². The van der Waals surface area contributed by atoms with Crippen LogP contribution in [0.5, 0.6) is 23.0 Å². The fourth-order valence-corrected chi connectivity index (χ4v) is 9.88. The maximum absolute atomic E-state index is 15.5. The largest absolute Gasteiger partial charge is 0.504 e. The molecule has 1 N–H and O–H groups in total. The van der Waals surface area contributed by atoms with Gasteiger partial charge in [-0.2, -0.15) is 0 Å². The van der Waals surface area contributed by atoms with Crippen molar-refractivity contribution in [3.63, 3.8) is 0 Å². The number of aromatic nitrogens is 5. The van der Waals surface area contributed by atoms with Crippen molar-refractivity contribution in [2.75, 3.05) is 25.7 Å². The molecule has 4 heterocycles. The molecule has 2 amide bonds. The van der Waals surface area contributed by atoms with Gasteiger partial charge in [0.15, 0.2) is 23.0 Å². The summed E-state index contributed by atoms with van der Waals surface area (Å²) >= 11 is 6.43. The number of ether oxygens (including phenoxy) is 3. The van der Waals surface area contributed by atoms with E-state index in [1.165, 1.54) is 39.1 Å². The standard InChI is InChI=1S/C45H41ClN6O9/c1-5-61-36-20-25(14-15-35(36)53)39-29-16-19-50-43(57)49(18-17-31-41(55)48(2)34-24-38(60-4)37(59-3)23-32(34)47-31)44(58)52(50)33(29)22-30-40(54)51(28-13-9-12-27(46)21-28)42(56)45(30,39)26-10-7-6-8-11-26/h6-16,20-21,23-24,30,33,39,53H,5,17-19,22H2,1-4H3. The highest BCUT2D eigenvalue weighted by Crippen LogP contribution is 2.62. The first kappa shape index (κ1) is 39.6. The average Bonchev–Trinajstić information content (AvgIpc) is 3.65. The summed E-state index contributed by atoms with van der Waals surface area (Å²) in [6.07, 6.45) is 1.81. The number of benzene rings is 4. The maximum Gasteiger partial charge on any atom is 0.347 e. The molecule has 0 bridgehead atoms. The Morgan fingerprint density at radius 3 is 2.36 bits per heavy atom. The Balaban J connectivity index is 1.19. The van der Waals surface area contributed by atoms with Crippen LogP contribution in [0.25, 0.3) is 11.0 Å². The summed E-state index contributed by atoms with van der Waals surface area (Å²) in [5, 5.41) is 11.2. The van der Waals surface area contributed by atoms with Gasteiger partial charge in [0, 0.05) is 43.1 Å². The van der Waals surface area contributed by atoms with Crippen molar-refractivity contribution >= 4 is 40.1 Å². The Morgan fingerprint density at radius 2 is 1.64 bits per heavy atom. The molecule has 61 heavy (non-hydrogen) atoms. The van der Waals surface area contributed by atoms with E-state index in [0.29, 0.717) is 49.9 Å². The SMILES string of the molecule is CCOc1cc(C2C3=CCn4c(=O)n(CCc5nc6cc(OC)c(OC)cc6n(C)c5=O)c(=O)n4C3CC3C(=O)N(c4cccc(Cl)c4)C(=O)C32c2ccccc2)ccc1O. The molecule has 4 atom stereocenters. The molecule has 1 saturated carbocycles. The van der Waals surface area contributed by atoms with Crippen LogP contribution in [-0.2, 0) is 41.6 Å². The second-order valence-electron chi connectivity index (χ2n) is 15.3. The third-order valence-electron chi connectivity index (χ3n) is 12.3. The van der Waals surface area contributed by atoms with Crippen LogP contribution >= 0.6 is 11.6 Å². The number of carbonyl (C=O) groups is 2. The molecule has 3 aliphatic rings. The minimum atomic E-state index is -1.54. The van der Waals surface area contributed by atoms with E-state index in [4.69, 9.17) is 25.8 Å². The van der Waals surface area contributed by atoms with E-state index in [1.807, 2.05) is 36.4 Å². The van der Waals surface area contributed by atoms with Gasteiger partial charge in [-0.05, 0) is 60.4 Å². The van der Waals surface area contributed by atoms with Crippen LogP contribution in [0.4, 0.5) is 5.69 Å². The first-order valence-electron chi connectivity index (χ1n) is 19.8. The Hall–Kier alpha value is -6.87. The van der Waals surface area contributed by atoms with E-state index in [-0.39, 0.29) is 49.7 Å². The summed E-state index contributed by atoms with van der Waals surface area (Å²) in [4.78, 5) is 78.8. The summed E-state index contributed by atoms with van der Waals surface area (Å²) in [5.74, 6) is -1.93. The van der Waals surface area contributed by atoms with Crippen molar-refractivity contribution in [3.8, 4) is 23.0 Å². The fraction of sp³-hybridized carbons (Fsp3) is 0.289. The van der Waals surface area contributed by atoms with Gasteiger partial charge in [0.05, 0.1) is 61.5 Å². The van der Waals surface area contributed by atoms with Crippen LogP contribution < -0.4 is 36.0 Å². The number of aromatic hydroxyl groups is 1. The minimum Gasteiger partial charge on any atom is -0.504 e. The Kier molecular flexibility index (Phi) is 9.73. The molecular formula is C45H41ClN6O9. The summed E-state index contributed by atoms with van der Waals surface area (Å²) < 4.78 is 21.9. The number of halogens is 1. The second kappa shape index (κ2) is 15.0. The van der Waals surface area contributed by atoms with Crippen LogP contribution in [0, 0.1) is 5.92 Å². The molecule has 0 radical (unpaired) electrons. The molecule has 2 fully saturated rings. The number of aryl methyl sites for hydroxylation is 2. The number of nitrogens with zero attached hydrogens (tertiary/aromatic N) is 6.